The van der Waals surface area contributed by atoms with Crippen molar-refractivity contribution < 1.29 is 9.47 Å². The summed E-state index contributed by atoms with van der Waals surface area (Å²) >= 11 is 7.85. The van der Waals surface area contributed by atoms with Crippen molar-refractivity contribution in [3.05, 3.63) is 155 Å². The Morgan fingerprint density at radius 1 is 0.403 bits per heavy atom. The number of unbranched alkanes of at least 4 members (excludes halogenated alkanes) is 2. The number of fused-ring (bicyclic) bond motifs is 6. The quantitative estimate of drug-likeness (QED) is 0.0798. The zero-order valence-corrected chi connectivity index (χ0v) is 39.8. The first-order valence-electron chi connectivity index (χ1n) is 22.8. The maximum Gasteiger partial charge on any atom is 0.119 e. The largest absolute Gasteiger partial charge is 0.493 e. The molecule has 0 heterocycles. The molecule has 0 aliphatic heterocycles. The summed E-state index contributed by atoms with van der Waals surface area (Å²) in [6.07, 6.45) is 9.55. The van der Waals surface area contributed by atoms with Gasteiger partial charge in [-0.1, -0.05) is 195 Å². The molecule has 0 aliphatic carbocycles. The molecule has 0 bridgehead atoms. The van der Waals surface area contributed by atoms with E-state index in [1.165, 1.54) is 104 Å². The molecule has 0 spiro atoms. The topological polar surface area (TPSA) is 18.5 Å². The second-order valence-corrected chi connectivity index (χ2v) is 18.7. The summed E-state index contributed by atoms with van der Waals surface area (Å²) in [5.74, 6) is 2.94. The Balaban J connectivity index is 1.46. The van der Waals surface area contributed by atoms with E-state index >= 15 is 0 Å². The molecule has 8 aromatic rings. The van der Waals surface area contributed by atoms with E-state index in [2.05, 4.69) is 205 Å². The SMILES string of the molecule is CCCCC(CC)COc1ccc(-c2c(-c3ccccc3)c(-c3ccccc3)c(-c3ccc(OCC(CC)CCCC)cc3)c3c4cc(Br)ccc4c4ccc(Br)cc4c23)cc1. The van der Waals surface area contributed by atoms with Crippen LogP contribution in [-0.4, -0.2) is 13.2 Å². The highest BCUT2D eigenvalue weighted by Gasteiger charge is 2.27. The molecule has 2 atom stereocenters. The highest BCUT2D eigenvalue weighted by Crippen LogP contribution is 2.55. The number of benzene rings is 8. The minimum atomic E-state index is 0.557. The Morgan fingerprint density at radius 2 is 0.774 bits per heavy atom. The molecule has 2 nitrogen and oxygen atoms in total. The molecular weight excluding hydrogens is 888 g/mol. The van der Waals surface area contributed by atoms with Gasteiger partial charge in [-0.2, -0.15) is 0 Å². The smallest absolute Gasteiger partial charge is 0.119 e. The van der Waals surface area contributed by atoms with Crippen molar-refractivity contribution in [3.63, 3.8) is 0 Å². The minimum absolute atomic E-state index is 0.557. The molecule has 0 aliphatic rings. The lowest BCUT2D eigenvalue weighted by Gasteiger charge is -2.27. The molecule has 0 saturated heterocycles. The lowest BCUT2D eigenvalue weighted by Crippen LogP contribution is -2.11. The van der Waals surface area contributed by atoms with Crippen molar-refractivity contribution in [1.82, 2.24) is 0 Å². The van der Waals surface area contributed by atoms with Crippen LogP contribution in [0.25, 0.3) is 76.8 Å². The van der Waals surface area contributed by atoms with Crippen LogP contribution in [0, 0.1) is 11.8 Å². The minimum Gasteiger partial charge on any atom is -0.493 e. The van der Waals surface area contributed by atoms with Crippen LogP contribution in [0.5, 0.6) is 11.5 Å². The first-order valence-corrected chi connectivity index (χ1v) is 24.4. The molecule has 316 valence electrons. The van der Waals surface area contributed by atoms with Gasteiger partial charge in [0.1, 0.15) is 11.5 Å². The summed E-state index contributed by atoms with van der Waals surface area (Å²) in [6, 6.07) is 53.4. The zero-order chi connectivity index (χ0) is 43.0. The molecule has 62 heavy (non-hydrogen) atoms. The highest BCUT2D eigenvalue weighted by atomic mass is 79.9. The fourth-order valence-electron chi connectivity index (χ4n) is 9.23. The Kier molecular flexibility index (Phi) is 14.5. The molecule has 0 amide bonds. The van der Waals surface area contributed by atoms with Crippen LogP contribution in [0.1, 0.15) is 79.1 Å². The van der Waals surface area contributed by atoms with Crippen LogP contribution >= 0.6 is 31.9 Å². The van der Waals surface area contributed by atoms with Gasteiger partial charge < -0.3 is 9.47 Å². The molecule has 2 unspecified atom stereocenters. The van der Waals surface area contributed by atoms with E-state index < -0.39 is 0 Å². The van der Waals surface area contributed by atoms with Crippen molar-refractivity contribution in [3.8, 4) is 56.0 Å². The Bertz CT molecular complexity index is 2550. The van der Waals surface area contributed by atoms with Crippen molar-refractivity contribution in [2.45, 2.75) is 79.1 Å². The summed E-state index contributed by atoms with van der Waals surface area (Å²) < 4.78 is 15.1. The lowest BCUT2D eigenvalue weighted by molar-refractivity contribution is 0.233. The van der Waals surface area contributed by atoms with Gasteiger partial charge in [0, 0.05) is 8.95 Å². The maximum atomic E-state index is 6.52. The zero-order valence-electron chi connectivity index (χ0n) is 36.7. The molecule has 0 fully saturated rings. The molecule has 0 aromatic heterocycles. The van der Waals surface area contributed by atoms with Crippen molar-refractivity contribution >= 4 is 64.2 Å². The van der Waals surface area contributed by atoms with Gasteiger partial charge in [-0.3, -0.25) is 0 Å². The molecule has 8 rings (SSSR count). The molecule has 0 saturated carbocycles. The van der Waals surface area contributed by atoms with Crippen LogP contribution in [0.3, 0.4) is 0 Å². The molecule has 0 radical (unpaired) electrons. The van der Waals surface area contributed by atoms with Gasteiger partial charge in [0.25, 0.3) is 0 Å². The number of halogens is 2. The summed E-state index contributed by atoms with van der Waals surface area (Å²) in [5, 5.41) is 7.30. The second-order valence-electron chi connectivity index (χ2n) is 16.9. The summed E-state index contributed by atoms with van der Waals surface area (Å²) in [6.45, 7) is 10.6. The van der Waals surface area contributed by atoms with Gasteiger partial charge in [0.15, 0.2) is 0 Å². The molecule has 8 aromatic carbocycles. The standard InChI is InChI=1S/C58H58Br2O2/c1-5-9-17-39(7-3)37-61-47-29-23-43(24-30-47)55-53(41-19-13-11-14-20-41)54(42-21-15-12-16-22-42)56(44-25-31-48(32-26-44)62-38-40(8-4)18-10-6-2)58-52-36-46(60)28-34-50(52)49-33-27-45(59)35-51(49)57(55)58/h11-16,19-36,39-40H,5-10,17-18,37-38H2,1-4H3. The van der Waals surface area contributed by atoms with Gasteiger partial charge in [-0.15, -0.1) is 0 Å². The summed E-state index contributed by atoms with van der Waals surface area (Å²) in [7, 11) is 0. The fraction of sp³-hybridized carbons (Fsp3) is 0.276. The fourth-order valence-corrected chi connectivity index (χ4v) is 9.95. The van der Waals surface area contributed by atoms with E-state index in [0.29, 0.717) is 11.8 Å². The Morgan fingerprint density at radius 3 is 1.13 bits per heavy atom. The van der Waals surface area contributed by atoms with Crippen LogP contribution in [0.4, 0.5) is 0 Å². The van der Waals surface area contributed by atoms with Gasteiger partial charge in [0.2, 0.25) is 0 Å². The number of hydrogen-bond donors (Lipinski definition) is 0. The number of hydrogen-bond acceptors (Lipinski definition) is 2. The first-order chi connectivity index (χ1) is 30.4. The van der Waals surface area contributed by atoms with Crippen molar-refractivity contribution in [2.75, 3.05) is 13.2 Å². The highest BCUT2D eigenvalue weighted by molar-refractivity contribution is 9.10. The third-order valence-corrected chi connectivity index (χ3v) is 13.7. The van der Waals surface area contributed by atoms with Crippen LogP contribution in [0.2, 0.25) is 0 Å². The third kappa shape index (κ3) is 9.38. The number of ether oxygens (including phenoxy) is 2. The van der Waals surface area contributed by atoms with Crippen molar-refractivity contribution in [2.24, 2.45) is 11.8 Å². The molecular formula is C58H58Br2O2. The van der Waals surface area contributed by atoms with E-state index in [0.717, 1.165) is 57.6 Å². The van der Waals surface area contributed by atoms with E-state index in [-0.39, 0.29) is 0 Å². The van der Waals surface area contributed by atoms with Crippen LogP contribution < -0.4 is 9.47 Å². The Hall–Kier alpha value is -4.90. The van der Waals surface area contributed by atoms with E-state index in [1.807, 2.05) is 0 Å². The number of rotatable bonds is 18. The van der Waals surface area contributed by atoms with Gasteiger partial charge >= 0.3 is 0 Å². The molecule has 4 heteroatoms. The third-order valence-electron chi connectivity index (χ3n) is 12.8. The van der Waals surface area contributed by atoms with E-state index in [4.69, 9.17) is 9.47 Å². The summed E-state index contributed by atoms with van der Waals surface area (Å²) in [4.78, 5) is 0. The van der Waals surface area contributed by atoms with E-state index in [1.54, 1.807) is 0 Å². The average molecular weight is 947 g/mol. The van der Waals surface area contributed by atoms with Gasteiger partial charge in [-0.05, 0) is 150 Å². The lowest BCUT2D eigenvalue weighted by atomic mass is 9.76. The normalized spacial score (nSPS) is 12.5. The predicted octanol–water partition coefficient (Wildman–Crippen LogP) is 18.5. The predicted molar refractivity (Wildman–Crippen MR) is 274 cm³/mol. The van der Waals surface area contributed by atoms with Crippen LogP contribution in [-0.2, 0) is 0 Å². The average Bonchev–Trinajstić information content (AvgIpc) is 3.31. The monoisotopic (exact) mass is 944 g/mol. The van der Waals surface area contributed by atoms with Gasteiger partial charge in [0.05, 0.1) is 13.2 Å². The van der Waals surface area contributed by atoms with Crippen molar-refractivity contribution in [1.29, 1.82) is 0 Å². The summed E-state index contributed by atoms with van der Waals surface area (Å²) in [5.41, 5.74) is 9.46. The van der Waals surface area contributed by atoms with Crippen LogP contribution in [0.15, 0.2) is 155 Å². The van der Waals surface area contributed by atoms with Gasteiger partial charge in [-0.25, -0.2) is 0 Å². The Labute approximate surface area is 386 Å². The first kappa shape index (κ1) is 43.7. The second kappa shape index (κ2) is 20.5. The maximum absolute atomic E-state index is 6.52. The molecule has 0 N–H and O–H groups in total. The van der Waals surface area contributed by atoms with E-state index in [9.17, 15) is 0 Å².